The van der Waals surface area contributed by atoms with E-state index in [0.29, 0.717) is 12.1 Å². The van der Waals surface area contributed by atoms with Gasteiger partial charge in [-0.15, -0.1) is 0 Å². The van der Waals surface area contributed by atoms with E-state index in [1.165, 1.54) is 0 Å². The molecule has 1 aromatic rings. The highest BCUT2D eigenvalue weighted by Crippen LogP contribution is 2.31. The highest BCUT2D eigenvalue weighted by Gasteiger charge is 2.32. The zero-order chi connectivity index (χ0) is 14.1. The molecule has 5 nitrogen and oxygen atoms in total. The normalized spacial score (nSPS) is 13.1. The van der Waals surface area contributed by atoms with Crippen molar-refractivity contribution in [2.24, 2.45) is 5.73 Å². The zero-order valence-corrected chi connectivity index (χ0v) is 8.73. The van der Waals surface area contributed by atoms with Crippen molar-refractivity contribution in [2.75, 3.05) is 0 Å². The van der Waals surface area contributed by atoms with Gasteiger partial charge in [0.1, 0.15) is 6.04 Å². The monoisotopic (exact) mass is 263 g/mol. The summed E-state index contributed by atoms with van der Waals surface area (Å²) < 4.78 is 37.5. The van der Waals surface area contributed by atoms with Gasteiger partial charge < -0.3 is 15.9 Å². The van der Waals surface area contributed by atoms with Crippen LogP contribution in [0.2, 0.25) is 0 Å². The first-order valence-corrected chi connectivity index (χ1v) is 4.57. The summed E-state index contributed by atoms with van der Waals surface area (Å²) in [5.74, 6) is -3.15. The minimum atomic E-state index is -4.78. The van der Waals surface area contributed by atoms with Crippen LogP contribution in [-0.2, 0) is 11.0 Å². The molecule has 1 aromatic carbocycles. The van der Waals surface area contributed by atoms with Crippen LogP contribution >= 0.6 is 0 Å². The molecular formula is C10H8F3NO4. The van der Waals surface area contributed by atoms with Crippen molar-refractivity contribution in [3.63, 3.8) is 0 Å². The predicted octanol–water partition coefficient (Wildman–Crippen LogP) is 1.49. The molecule has 98 valence electrons. The Hall–Kier alpha value is -2.09. The second-order valence-electron chi connectivity index (χ2n) is 3.46. The van der Waals surface area contributed by atoms with E-state index in [0.717, 1.165) is 6.07 Å². The molecule has 0 radical (unpaired) electrons. The molecule has 0 unspecified atom stereocenters. The van der Waals surface area contributed by atoms with E-state index in [1.807, 2.05) is 0 Å². The largest absolute Gasteiger partial charge is 0.480 e. The zero-order valence-electron chi connectivity index (χ0n) is 8.73. The van der Waals surface area contributed by atoms with Gasteiger partial charge in [0.15, 0.2) is 0 Å². The third kappa shape index (κ3) is 2.98. The van der Waals surface area contributed by atoms with Crippen LogP contribution in [0.3, 0.4) is 0 Å². The first-order valence-electron chi connectivity index (χ1n) is 4.57. The van der Waals surface area contributed by atoms with Crippen molar-refractivity contribution < 1.29 is 33.0 Å². The number of aliphatic carboxylic acids is 1. The predicted molar refractivity (Wildman–Crippen MR) is 53.0 cm³/mol. The summed E-state index contributed by atoms with van der Waals surface area (Å²) in [7, 11) is 0. The fourth-order valence-corrected chi connectivity index (χ4v) is 1.26. The van der Waals surface area contributed by atoms with Crippen LogP contribution in [0.15, 0.2) is 18.2 Å². The van der Waals surface area contributed by atoms with Crippen molar-refractivity contribution in [3.8, 4) is 0 Å². The molecule has 0 spiro atoms. The molecule has 0 aromatic heterocycles. The first kappa shape index (κ1) is 14.0. The van der Waals surface area contributed by atoms with Gasteiger partial charge in [0.05, 0.1) is 11.1 Å². The number of alkyl halides is 3. The summed E-state index contributed by atoms with van der Waals surface area (Å²) in [6, 6.07) is 0.0209. The summed E-state index contributed by atoms with van der Waals surface area (Å²) in [6.07, 6.45) is -4.78. The Labute approximate surface area is 98.6 Å². The molecular weight excluding hydrogens is 255 g/mol. The Kier molecular flexibility index (Phi) is 3.61. The molecule has 0 aliphatic rings. The van der Waals surface area contributed by atoms with Gasteiger partial charge in [-0.05, 0) is 23.8 Å². The third-order valence-corrected chi connectivity index (χ3v) is 2.15. The van der Waals surface area contributed by atoms with E-state index in [4.69, 9.17) is 15.9 Å². The lowest BCUT2D eigenvalue weighted by atomic mass is 10.0. The topological polar surface area (TPSA) is 101 Å². The molecule has 1 atom stereocenters. The molecule has 1 rings (SSSR count). The van der Waals surface area contributed by atoms with Crippen molar-refractivity contribution in [3.05, 3.63) is 34.9 Å². The average Bonchev–Trinajstić information content (AvgIpc) is 2.26. The van der Waals surface area contributed by atoms with Gasteiger partial charge in [-0.25, -0.2) is 4.79 Å². The van der Waals surface area contributed by atoms with Crippen molar-refractivity contribution in [1.29, 1.82) is 0 Å². The molecule has 18 heavy (non-hydrogen) atoms. The second kappa shape index (κ2) is 4.65. The molecule has 0 saturated heterocycles. The lowest BCUT2D eigenvalue weighted by Crippen LogP contribution is -2.22. The van der Waals surface area contributed by atoms with Crippen LogP contribution in [0.1, 0.15) is 27.5 Å². The molecule has 8 heteroatoms. The van der Waals surface area contributed by atoms with E-state index in [2.05, 4.69) is 0 Å². The molecule has 0 aliphatic carbocycles. The number of nitrogens with two attached hydrogens (primary N) is 1. The maximum atomic E-state index is 12.5. The van der Waals surface area contributed by atoms with Crippen molar-refractivity contribution in [1.82, 2.24) is 0 Å². The number of carboxylic acid groups (broad SMARTS) is 2. The number of hydrogen-bond donors (Lipinski definition) is 3. The fraction of sp³-hybridized carbons (Fsp3) is 0.200. The van der Waals surface area contributed by atoms with E-state index in [-0.39, 0.29) is 0 Å². The Balaban J connectivity index is 3.40. The van der Waals surface area contributed by atoms with Gasteiger partial charge >= 0.3 is 18.1 Å². The van der Waals surface area contributed by atoms with Gasteiger partial charge in [-0.2, -0.15) is 13.2 Å². The maximum absolute atomic E-state index is 12.5. The summed E-state index contributed by atoms with van der Waals surface area (Å²) in [5, 5.41) is 17.3. The quantitative estimate of drug-likeness (QED) is 0.767. The Morgan fingerprint density at radius 3 is 2.11 bits per heavy atom. The SMILES string of the molecule is N[C@H](C(=O)O)c1cc(C(=O)O)cc(C(F)(F)F)c1. The second-order valence-corrected chi connectivity index (χ2v) is 3.46. The standard InChI is InChI=1S/C10H8F3NO4/c11-10(12,13)6-2-4(7(14)9(17)18)1-5(3-6)8(15)16/h1-3,7H,14H2,(H,15,16)(H,17,18)/t7-/m0/s1. The van der Waals surface area contributed by atoms with E-state index >= 15 is 0 Å². The van der Waals surface area contributed by atoms with Crippen LogP contribution in [0.4, 0.5) is 13.2 Å². The fourth-order valence-electron chi connectivity index (χ4n) is 1.26. The van der Waals surface area contributed by atoms with E-state index < -0.39 is 40.8 Å². The lowest BCUT2D eigenvalue weighted by molar-refractivity contribution is -0.140. The van der Waals surface area contributed by atoms with Gasteiger partial charge in [0, 0.05) is 0 Å². The minimum Gasteiger partial charge on any atom is -0.480 e. The molecule has 0 saturated carbocycles. The molecule has 0 heterocycles. The van der Waals surface area contributed by atoms with Crippen LogP contribution < -0.4 is 5.73 Å². The van der Waals surface area contributed by atoms with Crippen molar-refractivity contribution >= 4 is 11.9 Å². The number of hydrogen-bond acceptors (Lipinski definition) is 3. The molecule has 4 N–H and O–H groups in total. The van der Waals surface area contributed by atoms with Gasteiger partial charge in [0.2, 0.25) is 0 Å². The van der Waals surface area contributed by atoms with Gasteiger partial charge in [0.25, 0.3) is 0 Å². The number of halogens is 3. The van der Waals surface area contributed by atoms with Crippen molar-refractivity contribution in [2.45, 2.75) is 12.2 Å². The number of rotatable bonds is 3. The van der Waals surface area contributed by atoms with Gasteiger partial charge in [-0.1, -0.05) is 0 Å². The maximum Gasteiger partial charge on any atom is 0.416 e. The Morgan fingerprint density at radius 1 is 1.17 bits per heavy atom. The Bertz CT molecular complexity index is 498. The summed E-state index contributed by atoms with van der Waals surface area (Å²) in [4.78, 5) is 21.3. The third-order valence-electron chi connectivity index (χ3n) is 2.15. The van der Waals surface area contributed by atoms with Crippen LogP contribution in [-0.4, -0.2) is 22.2 Å². The van der Waals surface area contributed by atoms with E-state index in [9.17, 15) is 22.8 Å². The molecule has 0 aliphatic heterocycles. The molecule has 0 amide bonds. The first-order chi connectivity index (χ1) is 8.12. The summed E-state index contributed by atoms with van der Waals surface area (Å²) in [6.45, 7) is 0. The van der Waals surface area contributed by atoms with Crippen LogP contribution in [0.25, 0.3) is 0 Å². The van der Waals surface area contributed by atoms with E-state index in [1.54, 1.807) is 0 Å². The minimum absolute atomic E-state index is 0.417. The molecule has 0 fully saturated rings. The highest BCUT2D eigenvalue weighted by atomic mass is 19.4. The summed E-state index contributed by atoms with van der Waals surface area (Å²) >= 11 is 0. The Morgan fingerprint density at radius 2 is 1.72 bits per heavy atom. The summed E-state index contributed by atoms with van der Waals surface area (Å²) in [5.41, 5.74) is 2.81. The smallest absolute Gasteiger partial charge is 0.416 e. The highest BCUT2D eigenvalue weighted by molar-refractivity contribution is 5.88. The van der Waals surface area contributed by atoms with Gasteiger partial charge in [-0.3, -0.25) is 4.79 Å². The number of carboxylic acids is 2. The molecule has 0 bridgehead atoms. The number of aromatic carboxylic acids is 1. The number of carbonyl (C=O) groups is 2. The van der Waals surface area contributed by atoms with Crippen LogP contribution in [0.5, 0.6) is 0 Å². The average molecular weight is 263 g/mol. The lowest BCUT2D eigenvalue weighted by Gasteiger charge is -2.12. The van der Waals surface area contributed by atoms with Crippen LogP contribution in [0, 0.1) is 0 Å². The number of benzene rings is 1.